The zero-order valence-corrected chi connectivity index (χ0v) is 13.2. The molecule has 17 heavy (non-hydrogen) atoms. The van der Waals surface area contributed by atoms with E-state index < -0.39 is 10.2 Å². The molecule has 0 aromatic rings. The molecule has 0 radical (unpaired) electrons. The highest BCUT2D eigenvalue weighted by molar-refractivity contribution is 7.86. The lowest BCUT2D eigenvalue weighted by atomic mass is 10.3. The summed E-state index contributed by atoms with van der Waals surface area (Å²) in [6.07, 6.45) is 0. The van der Waals surface area contributed by atoms with Gasteiger partial charge in [0.05, 0.1) is 0 Å². The largest absolute Gasteiger partial charge is 0.282 e. The molecule has 0 saturated carbocycles. The molecule has 0 aliphatic carbocycles. The van der Waals surface area contributed by atoms with Crippen molar-refractivity contribution in [2.75, 3.05) is 0 Å². The van der Waals surface area contributed by atoms with Gasteiger partial charge in [-0.3, -0.25) is 0 Å². The summed E-state index contributed by atoms with van der Waals surface area (Å²) < 4.78 is 28.4. The number of rotatable bonds is 6. The highest BCUT2D eigenvalue weighted by Crippen LogP contribution is 2.21. The summed E-state index contributed by atoms with van der Waals surface area (Å²) in [7, 11) is -3.39. The molecule has 5 heteroatoms. The van der Waals surface area contributed by atoms with E-state index in [1.54, 1.807) is 8.61 Å². The lowest BCUT2D eigenvalue weighted by Gasteiger charge is -2.38. The molecule has 0 aromatic heterocycles. The predicted octanol–water partition coefficient (Wildman–Crippen LogP) is 2.47. The molecule has 0 rings (SSSR count). The predicted molar refractivity (Wildman–Crippen MR) is 73.1 cm³/mol. The van der Waals surface area contributed by atoms with Gasteiger partial charge in [0, 0.05) is 24.2 Å². The molecule has 0 spiro atoms. The normalized spacial score (nSPS) is 14.0. The van der Waals surface area contributed by atoms with E-state index in [4.69, 9.17) is 0 Å². The van der Waals surface area contributed by atoms with Crippen LogP contribution >= 0.6 is 0 Å². The Hall–Kier alpha value is -0.130. The Kier molecular flexibility index (Phi) is 6.11. The van der Waals surface area contributed by atoms with Gasteiger partial charge in [-0.2, -0.15) is 17.0 Å². The second-order valence-electron chi connectivity index (χ2n) is 5.54. The minimum atomic E-state index is -3.39. The smallest absolute Gasteiger partial charge is 0.195 e. The van der Waals surface area contributed by atoms with Crippen molar-refractivity contribution in [1.82, 2.24) is 8.61 Å². The topological polar surface area (TPSA) is 40.6 Å². The Labute approximate surface area is 107 Å². The molecular formula is C12H28N2O2S. The molecule has 0 bridgehead atoms. The first-order valence-corrected chi connectivity index (χ1v) is 7.75. The van der Waals surface area contributed by atoms with Gasteiger partial charge >= 0.3 is 0 Å². The Morgan fingerprint density at radius 2 is 0.765 bits per heavy atom. The third kappa shape index (κ3) is 3.93. The van der Waals surface area contributed by atoms with Gasteiger partial charge in [0.1, 0.15) is 0 Å². The van der Waals surface area contributed by atoms with E-state index in [1.807, 2.05) is 55.4 Å². The van der Waals surface area contributed by atoms with Crippen molar-refractivity contribution in [2.24, 2.45) is 0 Å². The fourth-order valence-electron chi connectivity index (χ4n) is 2.37. The minimum absolute atomic E-state index is 0.0278. The van der Waals surface area contributed by atoms with Gasteiger partial charge in [0.15, 0.2) is 0 Å². The van der Waals surface area contributed by atoms with Crippen LogP contribution in [0, 0.1) is 0 Å². The van der Waals surface area contributed by atoms with Gasteiger partial charge in [0.2, 0.25) is 0 Å². The van der Waals surface area contributed by atoms with Crippen LogP contribution in [-0.4, -0.2) is 41.2 Å². The number of nitrogens with zero attached hydrogens (tertiary/aromatic N) is 2. The fourth-order valence-corrected chi connectivity index (χ4v) is 4.72. The summed E-state index contributed by atoms with van der Waals surface area (Å²) in [5, 5.41) is 0. The van der Waals surface area contributed by atoms with Crippen LogP contribution in [-0.2, 0) is 10.2 Å². The molecule has 0 heterocycles. The standard InChI is InChI=1S/C12H28N2O2S/c1-9(2)13(10(3)4)17(15,16)14(11(5)6)12(7)8/h9-12H,1-8H3. The van der Waals surface area contributed by atoms with Crippen LogP contribution in [0.3, 0.4) is 0 Å². The third-order valence-corrected chi connectivity index (χ3v) is 5.32. The van der Waals surface area contributed by atoms with Crippen LogP contribution in [0.4, 0.5) is 0 Å². The summed E-state index contributed by atoms with van der Waals surface area (Å²) in [5.74, 6) is 0. The number of hydrogen-bond acceptors (Lipinski definition) is 2. The average Bonchev–Trinajstić information content (AvgIpc) is 1.96. The first kappa shape index (κ1) is 16.9. The van der Waals surface area contributed by atoms with E-state index in [1.165, 1.54) is 0 Å². The third-order valence-electron chi connectivity index (χ3n) is 2.57. The van der Waals surface area contributed by atoms with E-state index in [9.17, 15) is 8.42 Å². The van der Waals surface area contributed by atoms with Gasteiger partial charge in [-0.05, 0) is 55.4 Å². The first-order valence-electron chi connectivity index (χ1n) is 6.35. The van der Waals surface area contributed by atoms with E-state index in [2.05, 4.69) is 0 Å². The van der Waals surface area contributed by atoms with Crippen molar-refractivity contribution in [2.45, 2.75) is 79.6 Å². The summed E-state index contributed by atoms with van der Waals surface area (Å²) in [4.78, 5) is 0. The molecule has 4 nitrogen and oxygen atoms in total. The molecular weight excluding hydrogens is 236 g/mol. The van der Waals surface area contributed by atoms with Crippen molar-refractivity contribution >= 4 is 10.2 Å². The molecule has 0 amide bonds. The van der Waals surface area contributed by atoms with Crippen molar-refractivity contribution in [1.29, 1.82) is 0 Å². The van der Waals surface area contributed by atoms with Crippen molar-refractivity contribution in [3.63, 3.8) is 0 Å². The van der Waals surface area contributed by atoms with Crippen LogP contribution in [0.2, 0.25) is 0 Å². The molecule has 0 fully saturated rings. The molecule has 0 aliphatic rings. The first-order chi connectivity index (χ1) is 7.53. The Morgan fingerprint density at radius 3 is 0.882 bits per heavy atom. The zero-order chi connectivity index (χ0) is 14.0. The molecule has 0 N–H and O–H groups in total. The molecule has 0 atom stereocenters. The molecule has 0 unspecified atom stereocenters. The van der Waals surface area contributed by atoms with Crippen LogP contribution in [0.1, 0.15) is 55.4 Å². The van der Waals surface area contributed by atoms with Gasteiger partial charge < -0.3 is 0 Å². The van der Waals surface area contributed by atoms with Gasteiger partial charge in [-0.1, -0.05) is 0 Å². The van der Waals surface area contributed by atoms with E-state index in [0.717, 1.165) is 0 Å². The molecule has 0 aromatic carbocycles. The summed E-state index contributed by atoms with van der Waals surface area (Å²) in [6.45, 7) is 15.3. The average molecular weight is 264 g/mol. The summed E-state index contributed by atoms with van der Waals surface area (Å²) in [5.41, 5.74) is 0. The quantitative estimate of drug-likeness (QED) is 0.739. The molecule has 0 saturated heterocycles. The van der Waals surface area contributed by atoms with Crippen molar-refractivity contribution < 1.29 is 8.42 Å². The molecule has 104 valence electrons. The Morgan fingerprint density at radius 1 is 0.588 bits per heavy atom. The van der Waals surface area contributed by atoms with Crippen LogP contribution in [0.25, 0.3) is 0 Å². The number of hydrogen-bond donors (Lipinski definition) is 0. The maximum Gasteiger partial charge on any atom is 0.282 e. The SMILES string of the molecule is CC(C)N(C(C)C)S(=O)(=O)N(C(C)C)C(C)C. The molecule has 0 aliphatic heterocycles. The second-order valence-corrected chi connectivity index (χ2v) is 7.28. The van der Waals surface area contributed by atoms with Crippen molar-refractivity contribution in [3.8, 4) is 0 Å². The van der Waals surface area contributed by atoms with Gasteiger partial charge in [-0.25, -0.2) is 0 Å². The summed E-state index contributed by atoms with van der Waals surface area (Å²) >= 11 is 0. The van der Waals surface area contributed by atoms with Gasteiger partial charge in [-0.15, -0.1) is 0 Å². The monoisotopic (exact) mass is 264 g/mol. The van der Waals surface area contributed by atoms with E-state index in [-0.39, 0.29) is 24.2 Å². The highest BCUT2D eigenvalue weighted by Gasteiger charge is 2.36. The Bertz CT molecular complexity index is 279. The maximum absolute atomic E-state index is 12.6. The van der Waals surface area contributed by atoms with E-state index in [0.29, 0.717) is 0 Å². The second kappa shape index (κ2) is 6.16. The van der Waals surface area contributed by atoms with Crippen molar-refractivity contribution in [3.05, 3.63) is 0 Å². The lowest BCUT2D eigenvalue weighted by molar-refractivity contribution is 0.232. The van der Waals surface area contributed by atoms with Crippen LogP contribution in [0.15, 0.2) is 0 Å². The summed E-state index contributed by atoms with van der Waals surface area (Å²) in [6, 6.07) is -0.111. The zero-order valence-electron chi connectivity index (χ0n) is 12.4. The van der Waals surface area contributed by atoms with Crippen LogP contribution in [0.5, 0.6) is 0 Å². The van der Waals surface area contributed by atoms with Gasteiger partial charge in [0.25, 0.3) is 10.2 Å². The van der Waals surface area contributed by atoms with Crippen LogP contribution < -0.4 is 0 Å². The lowest BCUT2D eigenvalue weighted by Crippen LogP contribution is -2.54. The fraction of sp³-hybridized carbons (Fsp3) is 1.00. The maximum atomic E-state index is 12.6. The Balaban J connectivity index is 5.48. The minimum Gasteiger partial charge on any atom is -0.195 e. The van der Waals surface area contributed by atoms with E-state index >= 15 is 0 Å². The highest BCUT2D eigenvalue weighted by atomic mass is 32.2.